The van der Waals surface area contributed by atoms with Gasteiger partial charge in [-0.3, -0.25) is 0 Å². The molecule has 0 unspecified atom stereocenters. The molecule has 4 rings (SSSR count). The molecule has 0 radical (unpaired) electrons. The van der Waals surface area contributed by atoms with E-state index < -0.39 is 11.9 Å². The smallest absolute Gasteiger partial charge is 0.357 e. The molecule has 0 bridgehead atoms. The molecule has 36 heavy (non-hydrogen) atoms. The van der Waals surface area contributed by atoms with Gasteiger partial charge in [-0.2, -0.15) is 5.10 Å². The molecule has 3 aromatic carbocycles. The summed E-state index contributed by atoms with van der Waals surface area (Å²) in [7, 11) is 4.01. The molecule has 4 aromatic rings. The van der Waals surface area contributed by atoms with E-state index in [1.807, 2.05) is 30.3 Å². The molecule has 1 heterocycles. The van der Waals surface area contributed by atoms with Gasteiger partial charge in [-0.05, 0) is 48.0 Å². The van der Waals surface area contributed by atoms with Crippen LogP contribution >= 0.6 is 15.9 Å². The summed E-state index contributed by atoms with van der Waals surface area (Å²) in [4.78, 5) is 25.6. The van der Waals surface area contributed by atoms with E-state index in [1.165, 1.54) is 26.0 Å². The van der Waals surface area contributed by atoms with Crippen LogP contribution in [-0.4, -0.2) is 43.0 Å². The zero-order valence-electron chi connectivity index (χ0n) is 19.9. The fourth-order valence-corrected chi connectivity index (χ4v) is 4.13. The molecule has 184 valence electrons. The Hall–Kier alpha value is -4.11. The first-order valence-electron chi connectivity index (χ1n) is 10.9. The minimum Gasteiger partial charge on any atom is -0.493 e. The number of aromatic nitrogens is 2. The fraction of sp³-hybridized carbons (Fsp3) is 0.148. The van der Waals surface area contributed by atoms with Crippen LogP contribution in [0.4, 0.5) is 0 Å². The van der Waals surface area contributed by atoms with Crippen LogP contribution in [-0.2, 0) is 16.1 Å². The second-order valence-electron chi connectivity index (χ2n) is 7.59. The molecule has 0 aliphatic heterocycles. The monoisotopic (exact) mass is 550 g/mol. The summed E-state index contributed by atoms with van der Waals surface area (Å²) < 4.78 is 23.8. The third-order valence-electron chi connectivity index (χ3n) is 5.37. The number of benzene rings is 3. The van der Waals surface area contributed by atoms with Gasteiger partial charge in [0, 0.05) is 10.0 Å². The van der Waals surface area contributed by atoms with E-state index in [4.69, 9.17) is 18.9 Å². The number of methoxy groups -OCH3 is 3. The van der Waals surface area contributed by atoms with Gasteiger partial charge >= 0.3 is 11.9 Å². The van der Waals surface area contributed by atoms with E-state index in [2.05, 4.69) is 21.0 Å². The van der Waals surface area contributed by atoms with Gasteiger partial charge in [-0.15, -0.1) is 0 Å². The molecule has 8 nitrogen and oxygen atoms in total. The molecule has 0 saturated heterocycles. The average molecular weight is 551 g/mol. The highest BCUT2D eigenvalue weighted by atomic mass is 79.9. The lowest BCUT2D eigenvalue weighted by Gasteiger charge is -2.12. The summed E-state index contributed by atoms with van der Waals surface area (Å²) in [6.07, 6.45) is 0. The zero-order chi connectivity index (χ0) is 25.7. The van der Waals surface area contributed by atoms with Crippen molar-refractivity contribution in [3.8, 4) is 28.4 Å². The summed E-state index contributed by atoms with van der Waals surface area (Å²) in [5.74, 6) is -0.496. The summed E-state index contributed by atoms with van der Waals surface area (Å²) >= 11 is 3.46. The number of hydrogen-bond acceptors (Lipinski definition) is 7. The van der Waals surface area contributed by atoms with Crippen molar-refractivity contribution in [1.29, 1.82) is 0 Å². The van der Waals surface area contributed by atoms with E-state index in [0.717, 1.165) is 10.0 Å². The number of esters is 2. The van der Waals surface area contributed by atoms with Gasteiger partial charge in [0.05, 0.1) is 27.0 Å². The molecule has 9 heteroatoms. The van der Waals surface area contributed by atoms with Crippen molar-refractivity contribution in [1.82, 2.24) is 9.78 Å². The first-order valence-corrected chi connectivity index (χ1v) is 11.7. The predicted octanol–water partition coefficient (Wildman–Crippen LogP) is 5.46. The Kier molecular flexibility index (Phi) is 7.70. The van der Waals surface area contributed by atoms with Crippen molar-refractivity contribution in [2.75, 3.05) is 21.3 Å². The van der Waals surface area contributed by atoms with Crippen molar-refractivity contribution >= 4 is 27.9 Å². The van der Waals surface area contributed by atoms with Crippen LogP contribution in [0.1, 0.15) is 26.4 Å². The molecule has 0 aliphatic rings. The van der Waals surface area contributed by atoms with E-state index >= 15 is 0 Å². The maximum absolute atomic E-state index is 12.9. The minimum absolute atomic E-state index is 0.0157. The summed E-state index contributed by atoms with van der Waals surface area (Å²) in [5.41, 5.74) is 2.27. The fourth-order valence-electron chi connectivity index (χ4n) is 3.68. The lowest BCUT2D eigenvalue weighted by Crippen LogP contribution is -2.15. The van der Waals surface area contributed by atoms with Gasteiger partial charge in [0.25, 0.3) is 0 Å². The maximum atomic E-state index is 12.9. The van der Waals surface area contributed by atoms with Crippen LogP contribution in [0.5, 0.6) is 11.5 Å². The van der Waals surface area contributed by atoms with Crippen LogP contribution in [0.25, 0.3) is 16.9 Å². The van der Waals surface area contributed by atoms with Crippen LogP contribution in [0.15, 0.2) is 77.3 Å². The molecule has 0 spiro atoms. The number of para-hydroxylation sites is 1. The quantitative estimate of drug-likeness (QED) is 0.269. The molecule has 0 N–H and O–H groups in total. The van der Waals surface area contributed by atoms with Gasteiger partial charge < -0.3 is 18.9 Å². The number of halogens is 1. The standard InChI is InChI=1S/C27H23BrN2O6/c1-33-22-15-18(12-13-21(22)36-16-17-8-7-9-19(28)14-17)24-23(26(31)34-2)25(27(32)35-3)30(29-24)20-10-5-4-6-11-20/h4-15H,16H2,1-3H3. The number of carbonyl (C=O) groups excluding carboxylic acids is 2. The number of rotatable bonds is 8. The second-order valence-corrected chi connectivity index (χ2v) is 8.50. The van der Waals surface area contributed by atoms with Crippen molar-refractivity contribution in [2.24, 2.45) is 0 Å². The number of hydrogen-bond donors (Lipinski definition) is 0. The van der Waals surface area contributed by atoms with Gasteiger partial charge in [-0.25, -0.2) is 14.3 Å². The normalized spacial score (nSPS) is 10.6. The van der Waals surface area contributed by atoms with Crippen molar-refractivity contribution in [2.45, 2.75) is 6.61 Å². The molecule has 0 fully saturated rings. The molecule has 0 saturated carbocycles. The predicted molar refractivity (Wildman–Crippen MR) is 137 cm³/mol. The molecule has 0 atom stereocenters. The average Bonchev–Trinajstić information content (AvgIpc) is 3.32. The molecular formula is C27H23BrN2O6. The maximum Gasteiger partial charge on any atom is 0.357 e. The third kappa shape index (κ3) is 5.11. The van der Waals surface area contributed by atoms with Crippen LogP contribution < -0.4 is 9.47 Å². The summed E-state index contributed by atoms with van der Waals surface area (Å²) in [6.45, 7) is 0.331. The third-order valence-corrected chi connectivity index (χ3v) is 5.87. The highest BCUT2D eigenvalue weighted by Crippen LogP contribution is 2.36. The van der Waals surface area contributed by atoms with E-state index in [-0.39, 0.29) is 17.0 Å². The Morgan fingerprint density at radius 3 is 2.28 bits per heavy atom. The summed E-state index contributed by atoms with van der Waals surface area (Å²) in [5, 5.41) is 4.61. The van der Waals surface area contributed by atoms with Crippen molar-refractivity contribution < 1.29 is 28.5 Å². The van der Waals surface area contributed by atoms with Crippen molar-refractivity contribution in [3.05, 3.63) is 94.1 Å². The first-order chi connectivity index (χ1) is 17.5. The minimum atomic E-state index is -0.723. The second kappa shape index (κ2) is 11.1. The van der Waals surface area contributed by atoms with Gasteiger partial charge in [0.1, 0.15) is 17.9 Å². The number of nitrogens with zero attached hydrogens (tertiary/aromatic N) is 2. The van der Waals surface area contributed by atoms with E-state index in [1.54, 1.807) is 42.5 Å². The van der Waals surface area contributed by atoms with Crippen LogP contribution in [0.2, 0.25) is 0 Å². The molecule has 0 aliphatic carbocycles. The van der Waals surface area contributed by atoms with Gasteiger partial charge in [0.2, 0.25) is 0 Å². The molecule has 0 amide bonds. The Balaban J connectivity index is 1.80. The summed E-state index contributed by atoms with van der Waals surface area (Å²) in [6, 6.07) is 21.9. The number of carbonyl (C=O) groups is 2. The Morgan fingerprint density at radius 1 is 0.861 bits per heavy atom. The highest BCUT2D eigenvalue weighted by Gasteiger charge is 2.31. The lowest BCUT2D eigenvalue weighted by molar-refractivity contribution is 0.0549. The van der Waals surface area contributed by atoms with E-state index in [0.29, 0.717) is 29.4 Å². The Labute approximate surface area is 216 Å². The number of ether oxygens (including phenoxy) is 4. The Bertz CT molecular complexity index is 1400. The van der Waals surface area contributed by atoms with Crippen LogP contribution in [0, 0.1) is 0 Å². The zero-order valence-corrected chi connectivity index (χ0v) is 21.4. The van der Waals surface area contributed by atoms with Crippen molar-refractivity contribution in [3.63, 3.8) is 0 Å². The van der Waals surface area contributed by atoms with E-state index in [9.17, 15) is 9.59 Å². The lowest BCUT2D eigenvalue weighted by atomic mass is 10.0. The topological polar surface area (TPSA) is 88.9 Å². The molecular weight excluding hydrogens is 528 g/mol. The molecule has 1 aromatic heterocycles. The largest absolute Gasteiger partial charge is 0.493 e. The SMILES string of the molecule is COC(=O)c1c(-c2ccc(OCc3cccc(Br)c3)c(OC)c2)nn(-c2ccccc2)c1C(=O)OC. The highest BCUT2D eigenvalue weighted by molar-refractivity contribution is 9.10. The van der Waals surface area contributed by atoms with Gasteiger partial charge in [-0.1, -0.05) is 46.3 Å². The first kappa shape index (κ1) is 25.0. The Morgan fingerprint density at radius 2 is 1.61 bits per heavy atom. The van der Waals surface area contributed by atoms with Crippen LogP contribution in [0.3, 0.4) is 0 Å². The van der Waals surface area contributed by atoms with Gasteiger partial charge in [0.15, 0.2) is 17.2 Å².